The minimum absolute atomic E-state index is 0.867. The molecular formula is C50H32O. The van der Waals surface area contributed by atoms with Crippen molar-refractivity contribution in [1.82, 2.24) is 0 Å². The van der Waals surface area contributed by atoms with Gasteiger partial charge in [0.15, 0.2) is 0 Å². The zero-order valence-electron chi connectivity index (χ0n) is 27.9. The predicted octanol–water partition coefficient (Wildman–Crippen LogP) is 14.1. The van der Waals surface area contributed by atoms with E-state index in [9.17, 15) is 0 Å². The van der Waals surface area contributed by atoms with Gasteiger partial charge in [-0.2, -0.15) is 0 Å². The normalized spacial score (nSPS) is 11.7. The molecule has 51 heavy (non-hydrogen) atoms. The molecule has 1 aliphatic heterocycles. The van der Waals surface area contributed by atoms with Crippen LogP contribution in [0.4, 0.5) is 0 Å². The Hall–Kier alpha value is -6.70. The molecule has 1 aliphatic rings. The molecule has 0 radical (unpaired) electrons. The van der Waals surface area contributed by atoms with Gasteiger partial charge in [-0.25, -0.2) is 0 Å². The van der Waals surface area contributed by atoms with Crippen LogP contribution in [0.2, 0.25) is 0 Å². The van der Waals surface area contributed by atoms with Crippen molar-refractivity contribution in [3.8, 4) is 78.3 Å². The van der Waals surface area contributed by atoms with E-state index in [2.05, 4.69) is 194 Å². The first-order chi connectivity index (χ1) is 25.3. The number of fused-ring (bicyclic) bond motifs is 7. The van der Waals surface area contributed by atoms with E-state index >= 15 is 0 Å². The lowest BCUT2D eigenvalue weighted by molar-refractivity contribution is 0.491. The van der Waals surface area contributed by atoms with Crippen molar-refractivity contribution in [3.05, 3.63) is 194 Å². The van der Waals surface area contributed by atoms with Gasteiger partial charge in [0.2, 0.25) is 0 Å². The van der Waals surface area contributed by atoms with Crippen molar-refractivity contribution in [1.29, 1.82) is 0 Å². The molecule has 0 aliphatic carbocycles. The zero-order valence-corrected chi connectivity index (χ0v) is 27.9. The van der Waals surface area contributed by atoms with E-state index in [-0.39, 0.29) is 0 Å². The molecule has 0 spiro atoms. The summed E-state index contributed by atoms with van der Waals surface area (Å²) in [6.45, 7) is 0. The Morgan fingerprint density at radius 3 is 1.06 bits per heavy atom. The van der Waals surface area contributed by atoms with E-state index < -0.39 is 0 Å². The molecule has 0 N–H and O–H groups in total. The molecule has 9 aromatic rings. The molecule has 0 saturated heterocycles. The summed E-state index contributed by atoms with van der Waals surface area (Å²) in [6.07, 6.45) is 0. The smallest absolute Gasteiger partial charge is 0.143 e. The van der Waals surface area contributed by atoms with Crippen molar-refractivity contribution in [2.24, 2.45) is 0 Å². The molecule has 0 bridgehead atoms. The molecule has 1 heteroatoms. The SMILES string of the molecule is c1ccc(-c2cc(-c3cccc4ccccc34)cc3c2Oc2c(-c4ccccc4)cc(-c4cccc5ccccc45)cc2-c2ccccc2-3)cc1. The Labute approximate surface area is 297 Å². The summed E-state index contributed by atoms with van der Waals surface area (Å²) in [6, 6.07) is 69.9. The Balaban J connectivity index is 1.30. The second kappa shape index (κ2) is 12.0. The summed E-state index contributed by atoms with van der Waals surface area (Å²) < 4.78 is 7.41. The van der Waals surface area contributed by atoms with Gasteiger partial charge >= 0.3 is 0 Å². The van der Waals surface area contributed by atoms with Crippen molar-refractivity contribution in [2.45, 2.75) is 0 Å². The Kier molecular flexibility index (Phi) is 6.89. The Morgan fingerprint density at radius 1 is 0.235 bits per heavy atom. The third-order valence-electron chi connectivity index (χ3n) is 10.3. The summed E-state index contributed by atoms with van der Waals surface area (Å²) in [5.74, 6) is 1.73. The minimum Gasteiger partial charge on any atom is -0.455 e. The third-order valence-corrected chi connectivity index (χ3v) is 10.3. The van der Waals surface area contributed by atoms with E-state index in [0.29, 0.717) is 0 Å². The van der Waals surface area contributed by atoms with Gasteiger partial charge in [0.25, 0.3) is 0 Å². The third kappa shape index (κ3) is 4.94. The van der Waals surface area contributed by atoms with Gasteiger partial charge in [0.1, 0.15) is 11.5 Å². The molecule has 1 heterocycles. The Bertz CT molecular complexity index is 2560. The second-order valence-electron chi connectivity index (χ2n) is 13.2. The maximum atomic E-state index is 7.41. The highest BCUT2D eigenvalue weighted by Crippen LogP contribution is 2.55. The van der Waals surface area contributed by atoms with E-state index in [1.54, 1.807) is 0 Å². The number of hydrogen-bond donors (Lipinski definition) is 0. The van der Waals surface area contributed by atoms with Gasteiger partial charge in [0, 0.05) is 22.3 Å². The summed E-state index contributed by atoms with van der Waals surface area (Å²) in [7, 11) is 0. The highest BCUT2D eigenvalue weighted by molar-refractivity contribution is 6.04. The molecular weight excluding hydrogens is 617 g/mol. The highest BCUT2D eigenvalue weighted by atomic mass is 16.5. The van der Waals surface area contributed by atoms with Crippen LogP contribution in [-0.2, 0) is 0 Å². The molecule has 9 aromatic carbocycles. The second-order valence-corrected chi connectivity index (χ2v) is 13.2. The van der Waals surface area contributed by atoms with E-state index in [0.717, 1.165) is 67.1 Å². The van der Waals surface area contributed by atoms with Gasteiger partial charge in [-0.05, 0) is 90.3 Å². The minimum atomic E-state index is 0.867. The van der Waals surface area contributed by atoms with Crippen LogP contribution in [0.25, 0.3) is 88.3 Å². The van der Waals surface area contributed by atoms with Gasteiger partial charge in [-0.15, -0.1) is 0 Å². The topological polar surface area (TPSA) is 9.23 Å². The summed E-state index contributed by atoms with van der Waals surface area (Å²) in [5, 5.41) is 4.92. The van der Waals surface area contributed by atoms with Crippen molar-refractivity contribution in [2.75, 3.05) is 0 Å². The fraction of sp³-hybridized carbons (Fsp3) is 0. The molecule has 0 unspecified atom stereocenters. The first kappa shape index (κ1) is 29.2. The van der Waals surface area contributed by atoms with Crippen LogP contribution in [0.1, 0.15) is 0 Å². The molecule has 0 saturated carbocycles. The van der Waals surface area contributed by atoms with Crippen LogP contribution in [0.15, 0.2) is 194 Å². The summed E-state index contributed by atoms with van der Waals surface area (Å²) in [4.78, 5) is 0. The monoisotopic (exact) mass is 648 g/mol. The lowest BCUT2D eigenvalue weighted by Crippen LogP contribution is -1.95. The summed E-state index contributed by atoms with van der Waals surface area (Å²) in [5.41, 5.74) is 13.6. The van der Waals surface area contributed by atoms with Gasteiger partial charge < -0.3 is 4.74 Å². The van der Waals surface area contributed by atoms with Gasteiger partial charge in [0.05, 0.1) is 0 Å². The molecule has 10 rings (SSSR count). The largest absolute Gasteiger partial charge is 0.455 e. The van der Waals surface area contributed by atoms with Crippen LogP contribution in [0, 0.1) is 0 Å². The maximum Gasteiger partial charge on any atom is 0.143 e. The number of hydrogen-bond acceptors (Lipinski definition) is 1. The van der Waals surface area contributed by atoms with Crippen LogP contribution in [-0.4, -0.2) is 0 Å². The average molecular weight is 649 g/mol. The highest BCUT2D eigenvalue weighted by Gasteiger charge is 2.28. The molecule has 238 valence electrons. The molecule has 0 aromatic heterocycles. The first-order valence-corrected chi connectivity index (χ1v) is 17.5. The molecule has 0 amide bonds. The van der Waals surface area contributed by atoms with Crippen molar-refractivity contribution in [3.63, 3.8) is 0 Å². The lowest BCUT2D eigenvalue weighted by Gasteiger charge is -2.20. The van der Waals surface area contributed by atoms with E-state index in [1.807, 2.05) is 0 Å². The fourth-order valence-corrected chi connectivity index (χ4v) is 7.86. The number of benzene rings is 9. The van der Waals surface area contributed by atoms with Crippen LogP contribution in [0.3, 0.4) is 0 Å². The van der Waals surface area contributed by atoms with E-state index in [4.69, 9.17) is 4.74 Å². The maximum absolute atomic E-state index is 7.41. The van der Waals surface area contributed by atoms with E-state index in [1.165, 1.54) is 32.7 Å². The van der Waals surface area contributed by atoms with Gasteiger partial charge in [-0.3, -0.25) is 0 Å². The van der Waals surface area contributed by atoms with Gasteiger partial charge in [-0.1, -0.05) is 170 Å². The molecule has 0 atom stereocenters. The lowest BCUT2D eigenvalue weighted by atomic mass is 9.86. The van der Waals surface area contributed by atoms with Crippen molar-refractivity contribution < 1.29 is 4.74 Å². The quantitative estimate of drug-likeness (QED) is 0.185. The number of rotatable bonds is 4. The molecule has 0 fully saturated rings. The summed E-state index contributed by atoms with van der Waals surface area (Å²) >= 11 is 0. The Morgan fingerprint density at radius 2 is 0.588 bits per heavy atom. The predicted molar refractivity (Wildman–Crippen MR) is 214 cm³/mol. The standard InChI is InChI=1S/C50H32O/c1-3-15-35(16-4-1)45-29-37(41-27-13-21-33-19-7-9-23-39(33)41)31-47-43-25-11-12-26-44(43)48-32-38(42-28-14-22-34-20-8-10-24-40(34)42)30-46(50(48)51-49(45)47)36-17-5-2-6-18-36/h1-32H. The first-order valence-electron chi connectivity index (χ1n) is 17.5. The van der Waals surface area contributed by atoms with Crippen LogP contribution < -0.4 is 4.74 Å². The number of ether oxygens (including phenoxy) is 1. The van der Waals surface area contributed by atoms with Crippen LogP contribution >= 0.6 is 0 Å². The molecule has 1 nitrogen and oxygen atoms in total. The average Bonchev–Trinajstić information content (AvgIpc) is 3.35. The zero-order chi connectivity index (χ0) is 33.7. The van der Waals surface area contributed by atoms with Crippen LogP contribution in [0.5, 0.6) is 11.5 Å². The van der Waals surface area contributed by atoms with Crippen molar-refractivity contribution >= 4 is 21.5 Å². The fourth-order valence-electron chi connectivity index (χ4n) is 7.86.